The molecule has 0 spiro atoms. The maximum Gasteiger partial charge on any atom is 0.170 e. The molecule has 0 amide bonds. The minimum atomic E-state index is -0.450. The number of halogens is 2. The van der Waals surface area contributed by atoms with Crippen molar-refractivity contribution >= 4 is 28.9 Å². The van der Waals surface area contributed by atoms with Crippen LogP contribution in [0.2, 0.25) is 5.02 Å². The number of benzene rings is 1. The van der Waals surface area contributed by atoms with E-state index < -0.39 is 5.82 Å². The van der Waals surface area contributed by atoms with Gasteiger partial charge in [0.2, 0.25) is 0 Å². The van der Waals surface area contributed by atoms with Crippen molar-refractivity contribution in [2.75, 3.05) is 0 Å². The highest BCUT2D eigenvalue weighted by Crippen LogP contribution is 2.40. The van der Waals surface area contributed by atoms with Crippen molar-refractivity contribution in [3.8, 4) is 5.69 Å². The van der Waals surface area contributed by atoms with Gasteiger partial charge in [-0.3, -0.25) is 4.98 Å². The van der Waals surface area contributed by atoms with Crippen molar-refractivity contribution in [3.63, 3.8) is 0 Å². The summed E-state index contributed by atoms with van der Waals surface area (Å²) in [6.07, 6.45) is 5.35. The second-order valence-corrected chi connectivity index (χ2v) is 8.03. The number of hydrogen-bond donors (Lipinski definition) is 1. The molecule has 1 saturated heterocycles. The van der Waals surface area contributed by atoms with E-state index in [1.165, 1.54) is 6.07 Å². The average molecular weight is 453 g/mol. The zero-order valence-corrected chi connectivity index (χ0v) is 17.9. The molecule has 4 heterocycles. The van der Waals surface area contributed by atoms with Crippen molar-refractivity contribution in [3.05, 3.63) is 107 Å². The van der Waals surface area contributed by atoms with Crippen LogP contribution in [0.1, 0.15) is 29.2 Å². The maximum atomic E-state index is 13.8. The Kier molecular flexibility index (Phi) is 5.21. The molecule has 0 bridgehead atoms. The molecule has 3 aromatic heterocycles. The van der Waals surface area contributed by atoms with Crippen LogP contribution in [0.3, 0.4) is 0 Å². The molecule has 1 aromatic carbocycles. The SMILES string of the molecule is Fc1ccc(-n2cccc2[C@@H]2[C@@H](c3ccccn3)NC(=S)N2Cc2ccco2)cc1Cl. The first-order chi connectivity index (χ1) is 15.1. The predicted molar refractivity (Wildman–Crippen MR) is 120 cm³/mol. The molecule has 1 N–H and O–H groups in total. The Balaban J connectivity index is 1.61. The van der Waals surface area contributed by atoms with Crippen molar-refractivity contribution in [1.82, 2.24) is 19.8 Å². The molecule has 1 aliphatic rings. The summed E-state index contributed by atoms with van der Waals surface area (Å²) in [5, 5.41) is 4.11. The van der Waals surface area contributed by atoms with Gasteiger partial charge in [-0.1, -0.05) is 17.7 Å². The summed E-state index contributed by atoms with van der Waals surface area (Å²) >= 11 is 11.8. The highest BCUT2D eigenvalue weighted by Gasteiger charge is 2.41. The quantitative estimate of drug-likeness (QED) is 0.409. The first-order valence-corrected chi connectivity index (χ1v) is 10.5. The van der Waals surface area contributed by atoms with Crippen LogP contribution in [0.5, 0.6) is 0 Å². The summed E-state index contributed by atoms with van der Waals surface area (Å²) in [4.78, 5) is 6.65. The van der Waals surface area contributed by atoms with E-state index in [9.17, 15) is 4.39 Å². The summed E-state index contributed by atoms with van der Waals surface area (Å²) in [6, 6.07) is 17.9. The van der Waals surface area contributed by atoms with E-state index >= 15 is 0 Å². The monoisotopic (exact) mass is 452 g/mol. The van der Waals surface area contributed by atoms with Gasteiger partial charge in [0.15, 0.2) is 5.11 Å². The summed E-state index contributed by atoms with van der Waals surface area (Å²) in [6.45, 7) is 0.502. The third-order valence-corrected chi connectivity index (χ3v) is 6.01. The number of nitrogens with one attached hydrogen (secondary N) is 1. The third-order valence-electron chi connectivity index (χ3n) is 5.37. The molecule has 1 aliphatic heterocycles. The fourth-order valence-electron chi connectivity index (χ4n) is 3.97. The molecule has 1 fully saturated rings. The van der Waals surface area contributed by atoms with Crippen molar-refractivity contribution in [1.29, 1.82) is 0 Å². The second-order valence-electron chi connectivity index (χ2n) is 7.24. The number of aromatic nitrogens is 2. The molecule has 8 heteroatoms. The van der Waals surface area contributed by atoms with E-state index in [4.69, 9.17) is 28.2 Å². The van der Waals surface area contributed by atoms with Crippen LogP contribution in [0.25, 0.3) is 5.69 Å². The molecule has 156 valence electrons. The highest BCUT2D eigenvalue weighted by atomic mass is 35.5. The predicted octanol–water partition coefficient (Wildman–Crippen LogP) is 5.43. The topological polar surface area (TPSA) is 46.2 Å². The van der Waals surface area contributed by atoms with E-state index in [0.717, 1.165) is 22.8 Å². The Labute approximate surface area is 189 Å². The van der Waals surface area contributed by atoms with Crippen LogP contribution < -0.4 is 5.32 Å². The molecule has 2 atom stereocenters. The number of rotatable bonds is 5. The van der Waals surface area contributed by atoms with Crippen LogP contribution >= 0.6 is 23.8 Å². The van der Waals surface area contributed by atoms with Gasteiger partial charge in [0, 0.05) is 23.8 Å². The molecule has 0 saturated carbocycles. The number of nitrogens with zero attached hydrogens (tertiary/aromatic N) is 3. The van der Waals surface area contributed by atoms with Gasteiger partial charge in [0.05, 0.1) is 35.6 Å². The fraction of sp³-hybridized carbons (Fsp3) is 0.130. The van der Waals surface area contributed by atoms with Crippen LogP contribution in [0.15, 0.2) is 83.7 Å². The van der Waals surface area contributed by atoms with Crippen molar-refractivity contribution in [2.24, 2.45) is 0 Å². The normalized spacial score (nSPS) is 18.4. The highest BCUT2D eigenvalue weighted by molar-refractivity contribution is 7.80. The lowest BCUT2D eigenvalue weighted by atomic mass is 10.0. The number of pyridine rings is 1. The second kappa shape index (κ2) is 8.17. The molecule has 31 heavy (non-hydrogen) atoms. The maximum absolute atomic E-state index is 13.8. The number of thiocarbonyl (C=S) groups is 1. The van der Waals surface area contributed by atoms with Gasteiger partial charge in [-0.2, -0.15) is 0 Å². The van der Waals surface area contributed by atoms with Crippen LogP contribution in [-0.4, -0.2) is 19.6 Å². The van der Waals surface area contributed by atoms with Crippen LogP contribution in [-0.2, 0) is 6.54 Å². The molecule has 4 aromatic rings. The first kappa shape index (κ1) is 19.8. The smallest absolute Gasteiger partial charge is 0.170 e. The zero-order chi connectivity index (χ0) is 21.4. The Hall–Kier alpha value is -3.16. The standard InChI is InChI=1S/C23H18ClFN4OS/c24-17-13-15(8-9-18(17)25)28-11-3-7-20(28)22-21(19-6-1-2-10-26-19)27-23(31)29(22)14-16-5-4-12-30-16/h1-13,21-22H,14H2,(H,27,31)/t21-,22-/m1/s1. The van der Waals surface area contributed by atoms with Crippen molar-refractivity contribution < 1.29 is 8.81 Å². The summed E-state index contributed by atoms with van der Waals surface area (Å²) < 4.78 is 21.3. The zero-order valence-electron chi connectivity index (χ0n) is 16.3. The molecule has 0 unspecified atom stereocenters. The molecular formula is C23H18ClFN4OS. The lowest BCUT2D eigenvalue weighted by Gasteiger charge is -2.28. The van der Waals surface area contributed by atoms with Gasteiger partial charge in [-0.05, 0) is 66.8 Å². The van der Waals surface area contributed by atoms with Gasteiger partial charge in [-0.25, -0.2) is 4.39 Å². The van der Waals surface area contributed by atoms with E-state index in [1.54, 1.807) is 24.6 Å². The molecule has 0 radical (unpaired) electrons. The van der Waals surface area contributed by atoms with Gasteiger partial charge in [0.25, 0.3) is 0 Å². The van der Waals surface area contributed by atoms with Gasteiger partial charge >= 0.3 is 0 Å². The number of furan rings is 1. The average Bonchev–Trinajstić information content (AvgIpc) is 3.52. The Morgan fingerprint density at radius 2 is 2.03 bits per heavy atom. The Morgan fingerprint density at radius 3 is 2.77 bits per heavy atom. The summed E-state index contributed by atoms with van der Waals surface area (Å²) in [7, 11) is 0. The number of hydrogen-bond acceptors (Lipinski definition) is 3. The minimum Gasteiger partial charge on any atom is -0.467 e. The molecular weight excluding hydrogens is 435 g/mol. The van der Waals surface area contributed by atoms with E-state index in [1.807, 2.05) is 53.2 Å². The van der Waals surface area contributed by atoms with Gasteiger partial charge in [0.1, 0.15) is 11.6 Å². The lowest BCUT2D eigenvalue weighted by Crippen LogP contribution is -2.29. The van der Waals surface area contributed by atoms with E-state index in [0.29, 0.717) is 11.7 Å². The Morgan fingerprint density at radius 1 is 1.13 bits per heavy atom. The summed E-state index contributed by atoms with van der Waals surface area (Å²) in [5.41, 5.74) is 2.61. The van der Waals surface area contributed by atoms with E-state index in [-0.39, 0.29) is 17.1 Å². The first-order valence-electron chi connectivity index (χ1n) is 9.75. The minimum absolute atomic E-state index is 0.0749. The molecule has 5 nitrogen and oxygen atoms in total. The Bertz CT molecular complexity index is 1210. The largest absolute Gasteiger partial charge is 0.467 e. The van der Waals surface area contributed by atoms with Crippen LogP contribution in [0.4, 0.5) is 4.39 Å². The van der Waals surface area contributed by atoms with E-state index in [2.05, 4.69) is 15.2 Å². The van der Waals surface area contributed by atoms with Crippen LogP contribution in [0, 0.1) is 5.82 Å². The lowest BCUT2D eigenvalue weighted by molar-refractivity contribution is 0.280. The van der Waals surface area contributed by atoms with Crippen molar-refractivity contribution in [2.45, 2.75) is 18.6 Å². The fourth-order valence-corrected chi connectivity index (χ4v) is 4.45. The molecule has 5 rings (SSSR count). The van der Waals surface area contributed by atoms with Gasteiger partial charge < -0.3 is 19.2 Å². The van der Waals surface area contributed by atoms with Gasteiger partial charge in [-0.15, -0.1) is 0 Å². The molecule has 0 aliphatic carbocycles. The third kappa shape index (κ3) is 3.71. The summed E-state index contributed by atoms with van der Waals surface area (Å²) in [5.74, 6) is 0.354.